The number of likely N-dealkylation sites (tertiary alicyclic amines) is 1. The van der Waals surface area contributed by atoms with Gasteiger partial charge in [-0.2, -0.15) is 4.98 Å². The number of aldehydes is 2. The average molecular weight is 810 g/mol. The number of benzene rings is 2. The molecule has 3 fully saturated rings. The van der Waals surface area contributed by atoms with Crippen LogP contribution in [-0.4, -0.2) is 131 Å². The molecule has 2 aromatic heterocycles. The first kappa shape index (κ1) is 40.9. The highest BCUT2D eigenvalue weighted by Gasteiger charge is 2.36. The molecule has 0 aliphatic carbocycles. The highest BCUT2D eigenvalue weighted by molar-refractivity contribution is 7.97. The second-order valence-corrected chi connectivity index (χ2v) is 16.4. The number of hydrogen-bond donors (Lipinski definition) is 2. The highest BCUT2D eigenvalue weighted by atomic mass is 32.2. The molecule has 2 aromatic carbocycles. The number of pyridine rings is 1. The number of hydrogen-bond acceptors (Lipinski definition) is 13. The third kappa shape index (κ3) is 9.35. The zero-order valence-electron chi connectivity index (χ0n) is 33.2. The van der Waals surface area contributed by atoms with E-state index in [0.29, 0.717) is 23.9 Å². The van der Waals surface area contributed by atoms with E-state index in [2.05, 4.69) is 52.9 Å². The lowest BCUT2D eigenvalue weighted by Crippen LogP contribution is -2.59. The van der Waals surface area contributed by atoms with Gasteiger partial charge in [0.05, 0.1) is 5.56 Å². The standard InChI is InChI=1S/C42H51N9O6S/c1-43-40(55)37(8-5-21-52)47(2)41(56)36-22-32(11-9-29(36)27-53)49-17-15-31(16-18-49)50-25-34(26-50)57-33-6-4-7-35(23-33)58-51-19-13-30(14-20-51)45-42-44-24-28-10-12-38(54)48(3)39(28)46-42/h4,6-7,9-12,21-24,27,30-31,34,37H,5,8,13-20,25-26H2,1-3H3,(H,43,55)(H,44,45,46). The Morgan fingerprint density at radius 2 is 1.79 bits per heavy atom. The van der Waals surface area contributed by atoms with Gasteiger partial charge in [0.2, 0.25) is 11.9 Å². The van der Waals surface area contributed by atoms with Gasteiger partial charge in [0, 0.05) is 113 Å². The normalized spacial score (nSPS) is 17.7. The molecular formula is C42H51N9O6S. The second-order valence-electron chi connectivity index (χ2n) is 15.2. The zero-order chi connectivity index (χ0) is 40.8. The van der Waals surface area contributed by atoms with Crippen LogP contribution in [0.1, 0.15) is 59.2 Å². The molecule has 306 valence electrons. The van der Waals surface area contributed by atoms with Crippen LogP contribution in [0, 0.1) is 0 Å². The van der Waals surface area contributed by atoms with Crippen molar-refractivity contribution in [2.45, 2.75) is 67.6 Å². The lowest BCUT2D eigenvalue weighted by molar-refractivity contribution is -0.125. The number of nitrogens with zero attached hydrogens (tertiary/aromatic N) is 7. The van der Waals surface area contributed by atoms with Gasteiger partial charge in [-0.1, -0.05) is 6.07 Å². The van der Waals surface area contributed by atoms with Gasteiger partial charge in [-0.05, 0) is 86.5 Å². The van der Waals surface area contributed by atoms with E-state index in [1.54, 1.807) is 48.0 Å². The molecule has 0 bridgehead atoms. The topological polar surface area (TPSA) is 162 Å². The Kier molecular flexibility index (Phi) is 13.0. The van der Waals surface area contributed by atoms with Gasteiger partial charge in [0.25, 0.3) is 11.5 Å². The van der Waals surface area contributed by atoms with Crippen LogP contribution in [0.15, 0.2) is 70.5 Å². The smallest absolute Gasteiger partial charge is 0.255 e. The molecule has 3 saturated heterocycles. The van der Waals surface area contributed by atoms with E-state index in [4.69, 9.17) is 4.74 Å². The van der Waals surface area contributed by atoms with Gasteiger partial charge in [-0.25, -0.2) is 9.29 Å². The summed E-state index contributed by atoms with van der Waals surface area (Å²) in [5, 5.41) is 6.87. The number of carbonyl (C=O) groups excluding carboxylic acids is 4. The number of aryl methyl sites for hydroxylation is 1. The van der Waals surface area contributed by atoms with Crippen LogP contribution in [0.5, 0.6) is 5.75 Å². The van der Waals surface area contributed by atoms with Crippen LogP contribution < -0.4 is 25.8 Å². The number of anilines is 2. The average Bonchev–Trinajstić information content (AvgIpc) is 3.24. The van der Waals surface area contributed by atoms with Crippen molar-refractivity contribution in [3.05, 3.63) is 82.3 Å². The molecule has 3 aliphatic rings. The molecule has 0 spiro atoms. The molecular weight excluding hydrogens is 759 g/mol. The minimum atomic E-state index is -0.827. The van der Waals surface area contributed by atoms with E-state index in [-0.39, 0.29) is 47.6 Å². The van der Waals surface area contributed by atoms with Gasteiger partial charge in [0.15, 0.2) is 6.29 Å². The van der Waals surface area contributed by atoms with Crippen molar-refractivity contribution in [1.82, 2.24) is 34.0 Å². The quantitative estimate of drug-likeness (QED) is 0.133. The van der Waals surface area contributed by atoms with E-state index >= 15 is 0 Å². The lowest BCUT2D eigenvalue weighted by atomic mass is 9.97. The molecule has 58 heavy (non-hydrogen) atoms. The minimum absolute atomic E-state index is 0.0940. The third-order valence-corrected chi connectivity index (χ3v) is 12.6. The lowest BCUT2D eigenvalue weighted by Gasteiger charge is -2.47. The molecule has 0 radical (unpaired) electrons. The number of aromatic nitrogens is 3. The molecule has 4 aromatic rings. The van der Waals surface area contributed by atoms with Crippen LogP contribution in [0.3, 0.4) is 0 Å². The highest BCUT2D eigenvalue weighted by Crippen LogP contribution is 2.32. The second kappa shape index (κ2) is 18.5. The summed E-state index contributed by atoms with van der Waals surface area (Å²) >= 11 is 1.75. The first-order chi connectivity index (χ1) is 28.1. The Morgan fingerprint density at radius 3 is 2.52 bits per heavy atom. The molecule has 2 N–H and O–H groups in total. The number of ether oxygens (including phenoxy) is 1. The van der Waals surface area contributed by atoms with E-state index in [1.807, 2.05) is 12.1 Å². The maximum atomic E-state index is 13.6. The van der Waals surface area contributed by atoms with Crippen molar-refractivity contribution < 1.29 is 23.9 Å². The van der Waals surface area contributed by atoms with Gasteiger partial charge >= 0.3 is 0 Å². The molecule has 16 heteroatoms. The number of nitrogens with one attached hydrogen (secondary N) is 2. The number of amides is 2. The molecule has 15 nitrogen and oxygen atoms in total. The Balaban J connectivity index is 0.855. The maximum absolute atomic E-state index is 13.6. The van der Waals surface area contributed by atoms with Crippen LogP contribution in [0.4, 0.5) is 11.6 Å². The summed E-state index contributed by atoms with van der Waals surface area (Å²) in [4.78, 5) is 77.4. The molecule has 3 aliphatic heterocycles. The minimum Gasteiger partial charge on any atom is -0.488 e. The Bertz CT molecular complexity index is 2180. The van der Waals surface area contributed by atoms with Crippen molar-refractivity contribution in [2.24, 2.45) is 7.05 Å². The fourth-order valence-electron chi connectivity index (χ4n) is 8.02. The van der Waals surface area contributed by atoms with E-state index in [1.165, 1.54) is 25.1 Å². The molecule has 5 heterocycles. The summed E-state index contributed by atoms with van der Waals surface area (Å²) in [6.07, 6.45) is 7.43. The van der Waals surface area contributed by atoms with Crippen molar-refractivity contribution in [3.63, 3.8) is 0 Å². The maximum Gasteiger partial charge on any atom is 0.255 e. The summed E-state index contributed by atoms with van der Waals surface area (Å²) in [7, 11) is 4.75. The van der Waals surface area contributed by atoms with Gasteiger partial charge in [-0.3, -0.25) is 28.6 Å². The largest absolute Gasteiger partial charge is 0.488 e. The predicted octanol–water partition coefficient (Wildman–Crippen LogP) is 3.62. The summed E-state index contributed by atoms with van der Waals surface area (Å²) in [6, 6.07) is 16.7. The van der Waals surface area contributed by atoms with Crippen LogP contribution in [0.25, 0.3) is 11.0 Å². The van der Waals surface area contributed by atoms with E-state index in [9.17, 15) is 24.0 Å². The first-order valence-corrected chi connectivity index (χ1v) is 20.7. The van der Waals surface area contributed by atoms with Crippen molar-refractivity contribution >= 4 is 59.0 Å². The number of piperidine rings is 2. The van der Waals surface area contributed by atoms with Crippen LogP contribution >= 0.6 is 11.9 Å². The van der Waals surface area contributed by atoms with Crippen LogP contribution in [0.2, 0.25) is 0 Å². The number of fused-ring (bicyclic) bond motifs is 1. The summed E-state index contributed by atoms with van der Waals surface area (Å²) in [5.74, 6) is 0.624. The zero-order valence-corrected chi connectivity index (χ0v) is 34.0. The SMILES string of the molecule is CNC(=O)C(CCC=O)N(C)C(=O)c1cc(N2CCC(N3CC(Oc4cccc(SN5CCC(Nc6ncc7ccc(=O)n(C)c7n6)CC5)c4)C3)CC2)ccc1C=O. The molecule has 2 amide bonds. The number of rotatable bonds is 15. The van der Waals surface area contributed by atoms with Crippen molar-refractivity contribution in [1.29, 1.82) is 0 Å². The van der Waals surface area contributed by atoms with Gasteiger partial charge in [-0.15, -0.1) is 0 Å². The monoisotopic (exact) mass is 809 g/mol. The molecule has 1 unspecified atom stereocenters. The molecule has 1 atom stereocenters. The Morgan fingerprint density at radius 1 is 1.02 bits per heavy atom. The third-order valence-electron chi connectivity index (χ3n) is 11.5. The molecule has 0 saturated carbocycles. The summed E-state index contributed by atoms with van der Waals surface area (Å²) in [6.45, 7) is 5.19. The summed E-state index contributed by atoms with van der Waals surface area (Å²) in [5.41, 5.74) is 1.89. The van der Waals surface area contributed by atoms with Gasteiger partial charge in [0.1, 0.15) is 29.8 Å². The summed E-state index contributed by atoms with van der Waals surface area (Å²) < 4.78 is 10.4. The predicted molar refractivity (Wildman–Crippen MR) is 224 cm³/mol. The Labute approximate surface area is 342 Å². The first-order valence-electron chi connectivity index (χ1n) is 19.9. The van der Waals surface area contributed by atoms with E-state index < -0.39 is 11.9 Å². The van der Waals surface area contributed by atoms with Crippen molar-refractivity contribution in [2.75, 3.05) is 63.6 Å². The Hall–Kier alpha value is -5.32. The number of carbonyl (C=O) groups is 4. The van der Waals surface area contributed by atoms with Crippen LogP contribution in [-0.2, 0) is 16.6 Å². The van der Waals surface area contributed by atoms with Gasteiger partial charge < -0.3 is 30.0 Å². The fraction of sp³-hybridized carbons (Fsp3) is 0.452. The fourth-order valence-corrected chi connectivity index (χ4v) is 9.02. The van der Waals surface area contributed by atoms with E-state index in [0.717, 1.165) is 93.0 Å². The van der Waals surface area contributed by atoms with Crippen molar-refractivity contribution in [3.8, 4) is 5.75 Å². The molecule has 7 rings (SSSR count). The number of likely N-dealkylation sites (N-methyl/N-ethyl adjacent to an activating group) is 2.